The Bertz CT molecular complexity index is 1600. The highest BCUT2D eigenvalue weighted by Crippen LogP contribution is 2.36. The van der Waals surface area contributed by atoms with Gasteiger partial charge in [-0.15, -0.1) is 0 Å². The molecule has 0 aliphatic carbocycles. The van der Waals surface area contributed by atoms with E-state index in [1.54, 1.807) is 31.1 Å². The number of hydrogen-bond donors (Lipinski definition) is 0. The number of amides is 1. The molecule has 8 nitrogen and oxygen atoms in total. The molecule has 2 aromatic carbocycles. The Labute approximate surface area is 211 Å². The fraction of sp³-hybridized carbons (Fsp3) is 0.259. The standard InChI is InChI=1S/C27H25N3O5S/c1-5-14-29-19-9-7-6-8-18(19)21(24(29)31)23-25(32)30-22(16-10-12-17(34-3)13-11-16)20(26(33)35-4)15(2)28-27(30)36-23/h6-13,22H,5,14H2,1-4H3/b23-21-/t22-/m0/s1. The number of hydrogen-bond acceptors (Lipinski definition) is 7. The quantitative estimate of drug-likeness (QED) is 0.499. The SMILES string of the molecule is CCCN1C(=O)/C(=c2\sc3n(c2=O)[C@@H](c2ccc(OC)cc2)C(C(=O)OC)=C(C)N=3)c2ccccc21. The second kappa shape index (κ2) is 9.23. The van der Waals surface area contributed by atoms with Crippen molar-refractivity contribution >= 4 is 34.5 Å². The van der Waals surface area contributed by atoms with Crippen LogP contribution < -0.4 is 24.5 Å². The number of nitrogens with zero attached hydrogens (tertiary/aromatic N) is 3. The molecule has 5 rings (SSSR count). The summed E-state index contributed by atoms with van der Waals surface area (Å²) in [7, 11) is 2.87. The fourth-order valence-corrected chi connectivity index (χ4v) is 5.93. The summed E-state index contributed by atoms with van der Waals surface area (Å²) < 4.78 is 12.1. The van der Waals surface area contributed by atoms with Gasteiger partial charge in [0.2, 0.25) is 0 Å². The topological polar surface area (TPSA) is 90.2 Å². The van der Waals surface area contributed by atoms with Crippen LogP contribution in [0.25, 0.3) is 5.57 Å². The summed E-state index contributed by atoms with van der Waals surface area (Å²) in [5.41, 5.74) is 2.97. The number of methoxy groups -OCH3 is 2. The molecule has 3 aromatic rings. The van der Waals surface area contributed by atoms with Gasteiger partial charge in [0.15, 0.2) is 4.80 Å². The lowest BCUT2D eigenvalue weighted by molar-refractivity contribution is -0.136. The highest BCUT2D eigenvalue weighted by Gasteiger charge is 2.37. The summed E-state index contributed by atoms with van der Waals surface area (Å²) in [6, 6.07) is 13.9. The van der Waals surface area contributed by atoms with Crippen LogP contribution in [0.3, 0.4) is 0 Å². The molecule has 0 spiro atoms. The summed E-state index contributed by atoms with van der Waals surface area (Å²) in [5.74, 6) is -0.113. The molecule has 36 heavy (non-hydrogen) atoms. The first-order chi connectivity index (χ1) is 17.4. The Balaban J connectivity index is 1.81. The molecular formula is C27H25N3O5S. The number of allylic oxidation sites excluding steroid dienone is 1. The lowest BCUT2D eigenvalue weighted by Gasteiger charge is -2.24. The van der Waals surface area contributed by atoms with Crippen LogP contribution in [0.1, 0.15) is 37.4 Å². The van der Waals surface area contributed by atoms with Crippen LogP contribution in [-0.4, -0.2) is 37.2 Å². The van der Waals surface area contributed by atoms with Crippen molar-refractivity contribution in [3.05, 3.63) is 90.6 Å². The number of rotatable bonds is 5. The summed E-state index contributed by atoms with van der Waals surface area (Å²) in [6.45, 7) is 4.29. The maximum absolute atomic E-state index is 14.0. The minimum absolute atomic E-state index is 0.201. The number of carbonyl (C=O) groups is 2. The molecule has 0 bridgehead atoms. The molecule has 0 saturated heterocycles. The minimum Gasteiger partial charge on any atom is -0.497 e. The van der Waals surface area contributed by atoms with E-state index in [-0.39, 0.29) is 17.0 Å². The van der Waals surface area contributed by atoms with Crippen molar-refractivity contribution in [3.63, 3.8) is 0 Å². The second-order valence-corrected chi connectivity index (χ2v) is 9.49. The van der Waals surface area contributed by atoms with Crippen molar-refractivity contribution in [1.29, 1.82) is 0 Å². The Hall–Kier alpha value is -3.98. The van der Waals surface area contributed by atoms with Crippen LogP contribution in [-0.2, 0) is 14.3 Å². The monoisotopic (exact) mass is 503 g/mol. The van der Waals surface area contributed by atoms with Gasteiger partial charge in [-0.1, -0.05) is 48.6 Å². The smallest absolute Gasteiger partial charge is 0.338 e. The van der Waals surface area contributed by atoms with Crippen LogP contribution in [0.2, 0.25) is 0 Å². The number of anilines is 1. The van der Waals surface area contributed by atoms with E-state index in [2.05, 4.69) is 4.99 Å². The van der Waals surface area contributed by atoms with Crippen LogP contribution in [0.4, 0.5) is 5.69 Å². The van der Waals surface area contributed by atoms with Gasteiger partial charge in [-0.2, -0.15) is 0 Å². The van der Waals surface area contributed by atoms with E-state index in [1.807, 2.05) is 43.3 Å². The zero-order chi connectivity index (χ0) is 25.6. The molecule has 3 heterocycles. The number of fused-ring (bicyclic) bond motifs is 2. The molecular weight excluding hydrogens is 478 g/mol. The van der Waals surface area contributed by atoms with Crippen LogP contribution in [0, 0.1) is 0 Å². The molecule has 9 heteroatoms. The first-order valence-electron chi connectivity index (χ1n) is 11.6. The van der Waals surface area contributed by atoms with Crippen molar-refractivity contribution in [2.45, 2.75) is 26.3 Å². The van der Waals surface area contributed by atoms with E-state index in [0.29, 0.717) is 38.5 Å². The van der Waals surface area contributed by atoms with E-state index in [0.717, 1.165) is 17.7 Å². The molecule has 2 aliphatic rings. The Kier molecular flexibility index (Phi) is 6.09. The number of carbonyl (C=O) groups excluding carboxylic acids is 2. The van der Waals surface area contributed by atoms with Crippen molar-refractivity contribution in [2.75, 3.05) is 25.7 Å². The van der Waals surface area contributed by atoms with Crippen molar-refractivity contribution in [3.8, 4) is 5.75 Å². The van der Waals surface area contributed by atoms with Gasteiger partial charge in [-0.3, -0.25) is 14.2 Å². The maximum Gasteiger partial charge on any atom is 0.338 e. The van der Waals surface area contributed by atoms with Gasteiger partial charge in [-0.05, 0) is 37.1 Å². The molecule has 0 radical (unpaired) electrons. The van der Waals surface area contributed by atoms with Gasteiger partial charge >= 0.3 is 5.97 Å². The second-order valence-electron chi connectivity index (χ2n) is 8.52. The van der Waals surface area contributed by atoms with Gasteiger partial charge < -0.3 is 14.4 Å². The maximum atomic E-state index is 14.0. The normalized spacial score (nSPS) is 18.1. The number of esters is 1. The molecule has 0 fully saturated rings. The van der Waals surface area contributed by atoms with Gasteiger partial charge in [0.05, 0.1) is 42.8 Å². The summed E-state index contributed by atoms with van der Waals surface area (Å²) in [4.78, 5) is 47.1. The number of thiazole rings is 1. The number of ether oxygens (including phenoxy) is 2. The lowest BCUT2D eigenvalue weighted by atomic mass is 9.96. The Morgan fingerprint density at radius 1 is 1.08 bits per heavy atom. The number of para-hydroxylation sites is 1. The predicted octanol–water partition coefficient (Wildman–Crippen LogP) is 2.54. The summed E-state index contributed by atoms with van der Waals surface area (Å²) in [5, 5.41) is 0. The van der Waals surface area contributed by atoms with Crippen LogP contribution in [0.15, 0.2) is 69.6 Å². The highest BCUT2D eigenvalue weighted by atomic mass is 32.1. The van der Waals surface area contributed by atoms with Crippen molar-refractivity contribution in [1.82, 2.24) is 4.57 Å². The first-order valence-corrected chi connectivity index (χ1v) is 12.4. The predicted molar refractivity (Wildman–Crippen MR) is 137 cm³/mol. The Morgan fingerprint density at radius 2 is 1.81 bits per heavy atom. The molecule has 0 saturated carbocycles. The fourth-order valence-electron chi connectivity index (χ4n) is 4.79. The zero-order valence-corrected chi connectivity index (χ0v) is 21.2. The third-order valence-corrected chi connectivity index (χ3v) is 7.48. The minimum atomic E-state index is -0.757. The van der Waals surface area contributed by atoms with E-state index < -0.39 is 12.0 Å². The largest absolute Gasteiger partial charge is 0.497 e. The van der Waals surface area contributed by atoms with Gasteiger partial charge in [0.1, 0.15) is 10.3 Å². The average Bonchev–Trinajstić information content (AvgIpc) is 3.35. The third kappa shape index (κ3) is 3.58. The van der Waals surface area contributed by atoms with Gasteiger partial charge in [0, 0.05) is 12.1 Å². The molecule has 1 amide bonds. The molecule has 0 unspecified atom stereocenters. The van der Waals surface area contributed by atoms with E-state index in [4.69, 9.17) is 9.47 Å². The molecule has 1 atom stereocenters. The first kappa shape index (κ1) is 23.7. The molecule has 184 valence electrons. The van der Waals surface area contributed by atoms with Gasteiger partial charge in [-0.25, -0.2) is 9.79 Å². The van der Waals surface area contributed by atoms with E-state index in [1.165, 1.54) is 23.0 Å². The number of benzene rings is 2. The molecule has 2 aliphatic heterocycles. The molecule has 0 N–H and O–H groups in total. The zero-order valence-electron chi connectivity index (χ0n) is 20.4. The third-order valence-electron chi connectivity index (χ3n) is 6.43. The van der Waals surface area contributed by atoms with Crippen LogP contribution in [0.5, 0.6) is 5.75 Å². The summed E-state index contributed by atoms with van der Waals surface area (Å²) in [6.07, 6.45) is 0.785. The van der Waals surface area contributed by atoms with E-state index >= 15 is 0 Å². The van der Waals surface area contributed by atoms with Crippen molar-refractivity contribution < 1.29 is 19.1 Å². The van der Waals surface area contributed by atoms with E-state index in [9.17, 15) is 14.4 Å². The van der Waals surface area contributed by atoms with Crippen LogP contribution >= 0.6 is 11.3 Å². The highest BCUT2D eigenvalue weighted by molar-refractivity contribution is 7.07. The molecule has 1 aromatic heterocycles. The lowest BCUT2D eigenvalue weighted by Crippen LogP contribution is -2.40. The average molecular weight is 504 g/mol. The Morgan fingerprint density at radius 3 is 2.47 bits per heavy atom. The summed E-state index contributed by atoms with van der Waals surface area (Å²) >= 11 is 1.17. The van der Waals surface area contributed by atoms with Crippen molar-refractivity contribution in [2.24, 2.45) is 4.99 Å². The number of aromatic nitrogens is 1. The van der Waals surface area contributed by atoms with Gasteiger partial charge in [0.25, 0.3) is 11.5 Å².